The van der Waals surface area contributed by atoms with Crippen molar-refractivity contribution in [3.05, 3.63) is 88.6 Å². The Kier molecular flexibility index (Phi) is 11.1. The van der Waals surface area contributed by atoms with Crippen LogP contribution < -0.4 is 9.64 Å². The van der Waals surface area contributed by atoms with Crippen molar-refractivity contribution in [3.63, 3.8) is 0 Å². The van der Waals surface area contributed by atoms with E-state index in [0.29, 0.717) is 29.2 Å². The van der Waals surface area contributed by atoms with E-state index in [1.54, 1.807) is 11.8 Å². The maximum Gasteiger partial charge on any atom is 0.341 e. The van der Waals surface area contributed by atoms with Crippen LogP contribution in [0.3, 0.4) is 0 Å². The number of rotatable bonds is 12. The SMILES string of the molecule is COC(=O)c1ccc(N2CCN(CC3=C(c4ccc(Cl)cc4)CC(C)(C)CC3)CC2)cc1Oc1cccc2c1cnn2COCC[Si](C)(C)C. The van der Waals surface area contributed by atoms with Gasteiger partial charge in [0.15, 0.2) is 0 Å². The van der Waals surface area contributed by atoms with Gasteiger partial charge < -0.3 is 19.1 Å². The van der Waals surface area contributed by atoms with Crippen LogP contribution in [0.25, 0.3) is 16.5 Å². The summed E-state index contributed by atoms with van der Waals surface area (Å²) in [4.78, 5) is 17.8. The Hall–Kier alpha value is -3.63. The fourth-order valence-electron chi connectivity index (χ4n) is 6.89. The average molecular weight is 715 g/mol. The number of ether oxygens (including phenoxy) is 3. The molecule has 0 saturated carbocycles. The maximum absolute atomic E-state index is 12.9. The molecule has 0 radical (unpaired) electrons. The Morgan fingerprint density at radius 2 is 1.74 bits per heavy atom. The third kappa shape index (κ3) is 8.80. The summed E-state index contributed by atoms with van der Waals surface area (Å²) < 4.78 is 19.5. The normalized spacial score (nSPS) is 17.0. The molecule has 1 aromatic heterocycles. The van der Waals surface area contributed by atoms with Crippen molar-refractivity contribution in [2.45, 2.75) is 65.5 Å². The molecule has 6 rings (SSSR count). The van der Waals surface area contributed by atoms with Crippen molar-refractivity contribution in [2.24, 2.45) is 5.41 Å². The van der Waals surface area contributed by atoms with Crippen LogP contribution in [0, 0.1) is 5.41 Å². The highest BCUT2D eigenvalue weighted by Gasteiger charge is 2.29. The van der Waals surface area contributed by atoms with Crippen LogP contribution in [-0.2, 0) is 16.2 Å². The van der Waals surface area contributed by atoms with Crippen molar-refractivity contribution >= 4 is 47.8 Å². The molecule has 2 heterocycles. The van der Waals surface area contributed by atoms with Gasteiger partial charge >= 0.3 is 5.97 Å². The molecular formula is C40H51ClN4O4Si. The first kappa shape index (κ1) is 36.2. The summed E-state index contributed by atoms with van der Waals surface area (Å²) in [5, 5.41) is 6.22. The molecule has 1 aliphatic carbocycles. The lowest BCUT2D eigenvalue weighted by Crippen LogP contribution is -2.47. The van der Waals surface area contributed by atoms with Crippen molar-refractivity contribution in [2.75, 3.05) is 51.3 Å². The largest absolute Gasteiger partial charge is 0.465 e. The van der Waals surface area contributed by atoms with E-state index >= 15 is 0 Å². The minimum atomic E-state index is -1.18. The van der Waals surface area contributed by atoms with Crippen molar-refractivity contribution < 1.29 is 19.0 Å². The Balaban J connectivity index is 1.16. The number of nitrogens with zero attached hydrogens (tertiary/aromatic N) is 4. The van der Waals surface area contributed by atoms with Crippen LogP contribution in [0.2, 0.25) is 30.7 Å². The van der Waals surface area contributed by atoms with Gasteiger partial charge in [0.2, 0.25) is 0 Å². The quantitative estimate of drug-likeness (QED) is 0.0823. The summed E-state index contributed by atoms with van der Waals surface area (Å²) in [5.74, 6) is 0.657. The number of piperazine rings is 1. The van der Waals surface area contributed by atoms with Crippen LogP contribution >= 0.6 is 11.6 Å². The van der Waals surface area contributed by atoms with E-state index in [9.17, 15) is 4.79 Å². The molecule has 0 spiro atoms. The molecule has 8 nitrogen and oxygen atoms in total. The van der Waals surface area contributed by atoms with Crippen LogP contribution in [-0.4, -0.2) is 75.2 Å². The second kappa shape index (κ2) is 15.3. The van der Waals surface area contributed by atoms with Gasteiger partial charge in [0, 0.05) is 64.2 Å². The molecule has 2 aliphatic rings. The van der Waals surface area contributed by atoms with Gasteiger partial charge in [0.1, 0.15) is 23.8 Å². The number of carbonyl (C=O) groups excluding carboxylic acids is 1. The summed E-state index contributed by atoms with van der Waals surface area (Å²) in [6.07, 6.45) is 5.21. The zero-order valence-electron chi connectivity index (χ0n) is 30.4. The van der Waals surface area contributed by atoms with Crippen LogP contribution in [0.5, 0.6) is 11.5 Å². The molecule has 0 bridgehead atoms. The number of anilines is 1. The monoisotopic (exact) mass is 714 g/mol. The first-order chi connectivity index (χ1) is 23.9. The number of carbonyl (C=O) groups is 1. The van der Waals surface area contributed by atoms with Crippen molar-refractivity contribution in [1.82, 2.24) is 14.7 Å². The number of hydrogen-bond acceptors (Lipinski definition) is 7. The molecule has 266 valence electrons. The molecule has 0 amide bonds. The molecule has 1 saturated heterocycles. The lowest BCUT2D eigenvalue weighted by atomic mass is 9.72. The molecule has 3 aromatic carbocycles. The van der Waals surface area contributed by atoms with Gasteiger partial charge in [-0.05, 0) is 78.3 Å². The zero-order valence-corrected chi connectivity index (χ0v) is 32.2. The molecule has 0 unspecified atom stereocenters. The van der Waals surface area contributed by atoms with Gasteiger partial charge in [-0.15, -0.1) is 0 Å². The smallest absolute Gasteiger partial charge is 0.341 e. The lowest BCUT2D eigenvalue weighted by molar-refractivity contribution is 0.0598. The Morgan fingerprint density at radius 1 is 0.980 bits per heavy atom. The standard InChI is InChI=1S/C40H51ClN4O4Si/c1-40(2)17-16-30(34(25-40)29-10-12-31(41)13-11-29)27-43-18-20-44(21-19-43)32-14-15-33(39(46)47-3)38(24-32)49-37-9-7-8-36-35(37)26-42-45(36)28-48-22-23-50(4,5)6/h7-15,24,26H,16-23,25,27-28H2,1-6H3. The predicted molar refractivity (Wildman–Crippen MR) is 206 cm³/mol. The number of benzene rings is 3. The van der Waals surface area contributed by atoms with Gasteiger partial charge in [-0.25, -0.2) is 9.48 Å². The molecule has 0 N–H and O–H groups in total. The highest BCUT2D eigenvalue weighted by atomic mass is 35.5. The highest BCUT2D eigenvalue weighted by Crippen LogP contribution is 2.43. The van der Waals surface area contributed by atoms with Crippen molar-refractivity contribution in [1.29, 1.82) is 0 Å². The third-order valence-corrected chi connectivity index (χ3v) is 11.9. The zero-order chi connectivity index (χ0) is 35.5. The second-order valence-electron chi connectivity index (χ2n) is 15.6. The molecule has 50 heavy (non-hydrogen) atoms. The molecule has 10 heteroatoms. The average Bonchev–Trinajstić information content (AvgIpc) is 3.51. The number of aromatic nitrogens is 2. The van der Waals surface area contributed by atoms with Crippen LogP contribution in [0.1, 0.15) is 49.0 Å². The number of fused-ring (bicyclic) bond motifs is 1. The predicted octanol–water partition coefficient (Wildman–Crippen LogP) is 9.37. The van der Waals surface area contributed by atoms with E-state index < -0.39 is 14.0 Å². The minimum absolute atomic E-state index is 0.292. The first-order valence-corrected chi connectivity index (χ1v) is 21.8. The summed E-state index contributed by atoms with van der Waals surface area (Å²) >= 11 is 6.23. The number of halogens is 1. The maximum atomic E-state index is 12.9. The molecular weight excluding hydrogens is 664 g/mol. The summed E-state index contributed by atoms with van der Waals surface area (Å²) in [5.41, 5.74) is 6.94. The first-order valence-electron chi connectivity index (χ1n) is 17.8. The number of methoxy groups -OCH3 is 1. The Labute approximate surface area is 303 Å². The van der Waals surface area contributed by atoms with Gasteiger partial charge in [0.05, 0.1) is 24.2 Å². The summed E-state index contributed by atoms with van der Waals surface area (Å²) in [7, 11) is 0.219. The molecule has 4 aromatic rings. The van der Waals surface area contributed by atoms with Gasteiger partial charge in [-0.3, -0.25) is 4.90 Å². The third-order valence-electron chi connectivity index (χ3n) is 9.98. The topological polar surface area (TPSA) is 69.1 Å². The summed E-state index contributed by atoms with van der Waals surface area (Å²) in [6, 6.07) is 21.1. The second-order valence-corrected chi connectivity index (χ2v) is 21.7. The number of hydrogen-bond donors (Lipinski definition) is 0. The van der Waals surface area contributed by atoms with Gasteiger partial charge in [-0.2, -0.15) is 5.10 Å². The molecule has 1 fully saturated rings. The van der Waals surface area contributed by atoms with E-state index in [-0.39, 0.29) is 0 Å². The van der Waals surface area contributed by atoms with E-state index in [1.165, 1.54) is 24.7 Å². The minimum Gasteiger partial charge on any atom is -0.465 e. The number of allylic oxidation sites excluding steroid dienone is 1. The van der Waals surface area contributed by atoms with E-state index in [4.69, 9.17) is 25.8 Å². The van der Waals surface area contributed by atoms with Crippen molar-refractivity contribution in [3.8, 4) is 11.5 Å². The fraction of sp³-hybridized carbons (Fsp3) is 0.450. The molecule has 0 atom stereocenters. The van der Waals surface area contributed by atoms with E-state index in [2.05, 4.69) is 60.5 Å². The fourth-order valence-corrected chi connectivity index (χ4v) is 7.77. The van der Waals surface area contributed by atoms with E-state index in [0.717, 1.165) is 79.8 Å². The Bertz CT molecular complexity index is 1840. The summed E-state index contributed by atoms with van der Waals surface area (Å²) in [6.45, 7) is 17.5. The Morgan fingerprint density at radius 3 is 2.46 bits per heavy atom. The highest BCUT2D eigenvalue weighted by molar-refractivity contribution is 6.76. The molecule has 1 aliphatic heterocycles. The van der Waals surface area contributed by atoms with E-state index in [1.807, 2.05) is 53.2 Å². The van der Waals surface area contributed by atoms with Crippen LogP contribution in [0.15, 0.2) is 72.4 Å². The van der Waals surface area contributed by atoms with Crippen LogP contribution in [0.4, 0.5) is 5.69 Å². The van der Waals surface area contributed by atoms with Gasteiger partial charge in [0.25, 0.3) is 0 Å². The number of esters is 1. The van der Waals surface area contributed by atoms with Gasteiger partial charge in [-0.1, -0.05) is 68.9 Å². The lowest BCUT2D eigenvalue weighted by Gasteiger charge is -2.39.